The van der Waals surface area contributed by atoms with Crippen molar-refractivity contribution in [2.45, 2.75) is 70.6 Å². The van der Waals surface area contributed by atoms with Crippen LogP contribution in [0.15, 0.2) is 24.3 Å². The maximum absolute atomic E-state index is 12.9. The normalized spacial score (nSPS) is 24.2. The number of carbonyl (C=O) groups excluding carboxylic acids is 1. The van der Waals surface area contributed by atoms with Crippen molar-refractivity contribution in [1.82, 2.24) is 10.2 Å². The number of carbonyl (C=O) groups is 1. The molecule has 1 aromatic rings. The topological polar surface area (TPSA) is 41.6 Å². The largest absolute Gasteiger partial charge is 0.481 e. The summed E-state index contributed by atoms with van der Waals surface area (Å²) < 4.78 is 5.95. The lowest BCUT2D eigenvalue weighted by Gasteiger charge is -2.30. The van der Waals surface area contributed by atoms with Gasteiger partial charge in [0.1, 0.15) is 5.75 Å². The van der Waals surface area contributed by atoms with Crippen LogP contribution in [-0.2, 0) is 10.2 Å². The van der Waals surface area contributed by atoms with Crippen molar-refractivity contribution >= 4 is 18.3 Å². The number of benzene rings is 1. The minimum absolute atomic E-state index is 0. The SMILES string of the molecule is CC(Oc1ccc(C(C)(C)C)cc1)C(=O)N1C2CCNCC1CC2.Cl. The summed E-state index contributed by atoms with van der Waals surface area (Å²) in [5.41, 5.74) is 1.39. The highest BCUT2D eigenvalue weighted by Gasteiger charge is 2.40. The molecule has 1 N–H and O–H groups in total. The molecule has 1 amide bonds. The Bertz CT molecular complexity index is 568. The Hall–Kier alpha value is -1.26. The molecular formula is C20H31ClN2O2. The maximum atomic E-state index is 12.9. The predicted molar refractivity (Wildman–Crippen MR) is 104 cm³/mol. The number of nitrogens with one attached hydrogen (secondary N) is 1. The third-order valence-electron chi connectivity index (χ3n) is 5.29. The van der Waals surface area contributed by atoms with Gasteiger partial charge in [-0.1, -0.05) is 32.9 Å². The maximum Gasteiger partial charge on any atom is 0.263 e. The van der Waals surface area contributed by atoms with E-state index in [2.05, 4.69) is 43.1 Å². The Morgan fingerprint density at radius 1 is 1.16 bits per heavy atom. The van der Waals surface area contributed by atoms with Crippen LogP contribution in [0.3, 0.4) is 0 Å². The molecule has 3 atom stereocenters. The number of ether oxygens (including phenoxy) is 1. The van der Waals surface area contributed by atoms with Crippen LogP contribution < -0.4 is 10.1 Å². The summed E-state index contributed by atoms with van der Waals surface area (Å²) in [6.45, 7) is 10.4. The Kier molecular flexibility index (Phi) is 6.39. The minimum Gasteiger partial charge on any atom is -0.481 e. The van der Waals surface area contributed by atoms with E-state index in [0.717, 1.165) is 38.1 Å². The number of amides is 1. The predicted octanol–water partition coefficient (Wildman–Crippen LogP) is 3.53. The van der Waals surface area contributed by atoms with Gasteiger partial charge in [-0.3, -0.25) is 4.79 Å². The van der Waals surface area contributed by atoms with Crippen LogP contribution in [0.25, 0.3) is 0 Å². The van der Waals surface area contributed by atoms with Crippen molar-refractivity contribution in [2.24, 2.45) is 0 Å². The first-order valence-electron chi connectivity index (χ1n) is 9.16. The van der Waals surface area contributed by atoms with Crippen LogP contribution in [-0.4, -0.2) is 42.1 Å². The van der Waals surface area contributed by atoms with E-state index in [9.17, 15) is 4.79 Å². The van der Waals surface area contributed by atoms with Crippen molar-refractivity contribution in [3.63, 3.8) is 0 Å². The summed E-state index contributed by atoms with van der Waals surface area (Å²) in [7, 11) is 0. The zero-order valence-electron chi connectivity index (χ0n) is 15.7. The second-order valence-corrected chi connectivity index (χ2v) is 8.16. The summed E-state index contributed by atoms with van der Waals surface area (Å²) in [6.07, 6.45) is 2.85. The van der Waals surface area contributed by atoms with E-state index in [1.807, 2.05) is 19.1 Å². The van der Waals surface area contributed by atoms with E-state index in [-0.39, 0.29) is 23.7 Å². The fraction of sp³-hybridized carbons (Fsp3) is 0.650. The van der Waals surface area contributed by atoms with Gasteiger partial charge in [0.2, 0.25) is 0 Å². The van der Waals surface area contributed by atoms with E-state index in [1.54, 1.807) is 0 Å². The Balaban J connectivity index is 0.00000225. The Morgan fingerprint density at radius 3 is 2.44 bits per heavy atom. The van der Waals surface area contributed by atoms with Gasteiger partial charge in [0.05, 0.1) is 0 Å². The number of nitrogens with zero attached hydrogens (tertiary/aromatic N) is 1. The van der Waals surface area contributed by atoms with Crippen molar-refractivity contribution in [1.29, 1.82) is 0 Å². The molecule has 1 aromatic carbocycles. The van der Waals surface area contributed by atoms with Gasteiger partial charge in [-0.25, -0.2) is 0 Å². The molecule has 5 heteroatoms. The van der Waals surface area contributed by atoms with Crippen molar-refractivity contribution in [3.05, 3.63) is 29.8 Å². The molecule has 0 saturated carbocycles. The highest BCUT2D eigenvalue weighted by atomic mass is 35.5. The zero-order chi connectivity index (χ0) is 17.3. The van der Waals surface area contributed by atoms with Crippen LogP contribution >= 0.6 is 12.4 Å². The summed E-state index contributed by atoms with van der Waals surface area (Å²) in [5, 5.41) is 3.44. The molecule has 3 rings (SSSR count). The molecule has 2 bridgehead atoms. The van der Waals surface area contributed by atoms with E-state index in [0.29, 0.717) is 12.1 Å². The van der Waals surface area contributed by atoms with Gasteiger partial charge < -0.3 is 15.0 Å². The second-order valence-electron chi connectivity index (χ2n) is 8.16. The smallest absolute Gasteiger partial charge is 0.263 e. The van der Waals surface area contributed by atoms with Crippen molar-refractivity contribution in [3.8, 4) is 5.75 Å². The van der Waals surface area contributed by atoms with E-state index in [1.165, 1.54) is 5.56 Å². The molecule has 0 spiro atoms. The average Bonchev–Trinajstić information content (AvgIpc) is 2.79. The molecule has 4 nitrogen and oxygen atoms in total. The number of fused-ring (bicyclic) bond motifs is 2. The first kappa shape index (κ1) is 20.1. The van der Waals surface area contributed by atoms with E-state index < -0.39 is 6.10 Å². The van der Waals surface area contributed by atoms with Gasteiger partial charge in [-0.05, 0) is 55.8 Å². The molecule has 0 aliphatic carbocycles. The average molecular weight is 367 g/mol. The monoisotopic (exact) mass is 366 g/mol. The zero-order valence-corrected chi connectivity index (χ0v) is 16.6. The van der Waals surface area contributed by atoms with Crippen LogP contribution in [0.1, 0.15) is 52.5 Å². The molecule has 25 heavy (non-hydrogen) atoms. The lowest BCUT2D eigenvalue weighted by Crippen LogP contribution is -2.48. The lowest BCUT2D eigenvalue weighted by atomic mass is 9.87. The summed E-state index contributed by atoms with van der Waals surface area (Å²) >= 11 is 0. The standard InChI is InChI=1S/C20H30N2O2.ClH/c1-14(24-18-9-5-15(6-10-18)20(2,3)4)19(23)22-16-7-8-17(22)13-21-12-11-16;/h5-6,9-10,14,16-17,21H,7-8,11-13H2,1-4H3;1H. The van der Waals surface area contributed by atoms with Crippen LogP contribution in [0, 0.1) is 0 Å². The molecule has 2 aliphatic heterocycles. The Labute approximate surface area is 157 Å². The van der Waals surface area contributed by atoms with Gasteiger partial charge in [0.15, 0.2) is 6.10 Å². The fourth-order valence-electron chi connectivity index (χ4n) is 3.84. The first-order chi connectivity index (χ1) is 11.4. The van der Waals surface area contributed by atoms with Crippen LogP contribution in [0.5, 0.6) is 5.75 Å². The third-order valence-corrected chi connectivity index (χ3v) is 5.29. The molecule has 0 aromatic heterocycles. The Morgan fingerprint density at radius 2 is 1.80 bits per heavy atom. The molecule has 2 aliphatic rings. The number of halogens is 1. The quantitative estimate of drug-likeness (QED) is 0.889. The number of hydrogen-bond acceptors (Lipinski definition) is 3. The molecular weight excluding hydrogens is 336 g/mol. The molecule has 2 fully saturated rings. The van der Waals surface area contributed by atoms with Gasteiger partial charge in [0, 0.05) is 18.6 Å². The van der Waals surface area contributed by atoms with Gasteiger partial charge >= 0.3 is 0 Å². The first-order valence-corrected chi connectivity index (χ1v) is 9.16. The second kappa shape index (κ2) is 7.96. The van der Waals surface area contributed by atoms with Crippen LogP contribution in [0.2, 0.25) is 0 Å². The number of hydrogen-bond donors (Lipinski definition) is 1. The molecule has 0 radical (unpaired) electrons. The van der Waals surface area contributed by atoms with Gasteiger partial charge in [-0.15, -0.1) is 12.4 Å². The highest BCUT2D eigenvalue weighted by molar-refractivity contribution is 5.85. The molecule has 140 valence electrons. The molecule has 2 saturated heterocycles. The molecule has 3 unspecified atom stereocenters. The third kappa shape index (κ3) is 4.48. The summed E-state index contributed by atoms with van der Waals surface area (Å²) in [5.74, 6) is 0.898. The van der Waals surface area contributed by atoms with Crippen molar-refractivity contribution < 1.29 is 9.53 Å². The summed E-state index contributed by atoms with van der Waals surface area (Å²) in [6, 6.07) is 8.84. The lowest BCUT2D eigenvalue weighted by molar-refractivity contribution is -0.140. The summed E-state index contributed by atoms with van der Waals surface area (Å²) in [4.78, 5) is 15.0. The fourth-order valence-corrected chi connectivity index (χ4v) is 3.84. The van der Waals surface area contributed by atoms with E-state index >= 15 is 0 Å². The van der Waals surface area contributed by atoms with Crippen LogP contribution in [0.4, 0.5) is 0 Å². The minimum atomic E-state index is -0.438. The van der Waals surface area contributed by atoms with E-state index in [4.69, 9.17) is 4.74 Å². The van der Waals surface area contributed by atoms with Crippen molar-refractivity contribution in [2.75, 3.05) is 13.1 Å². The molecule has 2 heterocycles. The van der Waals surface area contributed by atoms with Gasteiger partial charge in [0.25, 0.3) is 5.91 Å². The van der Waals surface area contributed by atoms with Gasteiger partial charge in [-0.2, -0.15) is 0 Å². The number of rotatable bonds is 3. The highest BCUT2D eigenvalue weighted by Crippen LogP contribution is 2.29.